The summed E-state index contributed by atoms with van der Waals surface area (Å²) >= 11 is 0. The van der Waals surface area contributed by atoms with Gasteiger partial charge in [0.05, 0.1) is 0 Å². The molecule has 1 aliphatic rings. The Balaban J connectivity index is 2.32. The molecule has 0 saturated heterocycles. The molecule has 3 N–H and O–H groups in total. The van der Waals surface area contributed by atoms with Gasteiger partial charge in [-0.15, -0.1) is 0 Å². The van der Waals surface area contributed by atoms with Crippen LogP contribution >= 0.6 is 0 Å². The van der Waals surface area contributed by atoms with Gasteiger partial charge < -0.3 is 11.1 Å². The number of aryl methyl sites for hydroxylation is 2. The summed E-state index contributed by atoms with van der Waals surface area (Å²) in [7, 11) is 2.02. The fourth-order valence-electron chi connectivity index (χ4n) is 2.90. The first-order valence-electron chi connectivity index (χ1n) is 6.57. The first-order valence-corrected chi connectivity index (χ1v) is 6.57. The van der Waals surface area contributed by atoms with Crippen LogP contribution in [-0.2, 0) is 12.8 Å². The molecule has 0 aliphatic heterocycles. The van der Waals surface area contributed by atoms with E-state index in [-0.39, 0.29) is 5.41 Å². The van der Waals surface area contributed by atoms with Gasteiger partial charge in [0, 0.05) is 6.04 Å². The third-order valence-corrected chi connectivity index (χ3v) is 4.05. The molecule has 0 bridgehead atoms. The fourth-order valence-corrected chi connectivity index (χ4v) is 2.90. The third kappa shape index (κ3) is 2.38. The zero-order chi connectivity index (χ0) is 12.5. The Kier molecular flexibility index (Phi) is 3.55. The minimum atomic E-state index is 0.0849. The molecule has 0 radical (unpaired) electrons. The van der Waals surface area contributed by atoms with Crippen molar-refractivity contribution in [1.82, 2.24) is 5.32 Å². The normalized spacial score (nSPS) is 16.9. The van der Waals surface area contributed by atoms with Gasteiger partial charge in [0.1, 0.15) is 0 Å². The molecule has 1 aliphatic carbocycles. The summed E-state index contributed by atoms with van der Waals surface area (Å²) in [5, 5.41) is 3.42. The van der Waals surface area contributed by atoms with Gasteiger partial charge in [-0.1, -0.05) is 32.0 Å². The minimum absolute atomic E-state index is 0.0849. The lowest BCUT2D eigenvalue weighted by atomic mass is 9.80. The summed E-state index contributed by atoms with van der Waals surface area (Å²) in [6.07, 6.45) is 3.80. The quantitative estimate of drug-likeness (QED) is 0.836. The number of benzene rings is 1. The summed E-state index contributed by atoms with van der Waals surface area (Å²) in [6, 6.07) is 7.27. The maximum atomic E-state index is 5.89. The first kappa shape index (κ1) is 12.6. The van der Waals surface area contributed by atoms with Gasteiger partial charge in [-0.25, -0.2) is 0 Å². The molecule has 0 heterocycles. The van der Waals surface area contributed by atoms with Crippen LogP contribution in [0.4, 0.5) is 0 Å². The Hall–Kier alpha value is -0.860. The van der Waals surface area contributed by atoms with Crippen molar-refractivity contribution < 1.29 is 0 Å². The van der Waals surface area contributed by atoms with E-state index in [1.54, 1.807) is 0 Å². The van der Waals surface area contributed by atoms with E-state index in [9.17, 15) is 0 Å². The van der Waals surface area contributed by atoms with Crippen LogP contribution in [0.3, 0.4) is 0 Å². The lowest BCUT2D eigenvalue weighted by molar-refractivity contribution is 0.265. The second-order valence-electron chi connectivity index (χ2n) is 5.80. The molecule has 1 unspecified atom stereocenters. The zero-order valence-electron chi connectivity index (χ0n) is 11.2. The molecule has 0 aromatic heterocycles. The van der Waals surface area contributed by atoms with Gasteiger partial charge >= 0.3 is 0 Å². The van der Waals surface area contributed by atoms with Crippen molar-refractivity contribution in [3.05, 3.63) is 34.9 Å². The molecular formula is C15H24N2. The second-order valence-corrected chi connectivity index (χ2v) is 5.80. The van der Waals surface area contributed by atoms with Crippen LogP contribution < -0.4 is 11.1 Å². The third-order valence-electron chi connectivity index (χ3n) is 4.05. The average molecular weight is 232 g/mol. The second kappa shape index (κ2) is 4.79. The monoisotopic (exact) mass is 232 g/mol. The van der Waals surface area contributed by atoms with E-state index in [0.717, 1.165) is 0 Å². The number of hydrogen-bond donors (Lipinski definition) is 2. The molecule has 2 rings (SSSR count). The molecule has 0 spiro atoms. The average Bonchev–Trinajstić information content (AvgIpc) is 2.77. The van der Waals surface area contributed by atoms with Crippen molar-refractivity contribution in [3.63, 3.8) is 0 Å². The number of rotatable bonds is 4. The Morgan fingerprint density at radius 3 is 2.65 bits per heavy atom. The summed E-state index contributed by atoms with van der Waals surface area (Å²) < 4.78 is 0. The first-order chi connectivity index (χ1) is 8.08. The van der Waals surface area contributed by atoms with Crippen LogP contribution in [0.5, 0.6) is 0 Å². The van der Waals surface area contributed by atoms with Crippen LogP contribution in [0.2, 0.25) is 0 Å². The van der Waals surface area contributed by atoms with E-state index in [4.69, 9.17) is 5.73 Å². The van der Waals surface area contributed by atoms with Gasteiger partial charge in [0.25, 0.3) is 0 Å². The molecule has 1 atom stereocenters. The lowest BCUT2D eigenvalue weighted by Crippen LogP contribution is -2.37. The number of nitrogens with two attached hydrogens (primary N) is 1. The van der Waals surface area contributed by atoms with Gasteiger partial charge in [0.15, 0.2) is 0 Å². The van der Waals surface area contributed by atoms with Crippen LogP contribution in [0.25, 0.3) is 0 Å². The standard InChI is InChI=1S/C15H24N2/c1-15(2,10-16)14(17-3)13-8-7-11-5-4-6-12(11)9-13/h7-9,14,17H,4-6,10,16H2,1-3H3. The van der Waals surface area contributed by atoms with Crippen molar-refractivity contribution in [2.75, 3.05) is 13.6 Å². The largest absolute Gasteiger partial charge is 0.330 e. The van der Waals surface area contributed by atoms with E-state index in [0.29, 0.717) is 12.6 Å². The fraction of sp³-hybridized carbons (Fsp3) is 0.600. The zero-order valence-corrected chi connectivity index (χ0v) is 11.2. The maximum absolute atomic E-state index is 5.89. The van der Waals surface area contributed by atoms with Gasteiger partial charge in [0.2, 0.25) is 0 Å². The highest BCUT2D eigenvalue weighted by molar-refractivity contribution is 5.37. The van der Waals surface area contributed by atoms with E-state index >= 15 is 0 Å². The molecule has 0 fully saturated rings. The highest BCUT2D eigenvalue weighted by Gasteiger charge is 2.28. The summed E-state index contributed by atoms with van der Waals surface area (Å²) in [6.45, 7) is 5.14. The highest BCUT2D eigenvalue weighted by Crippen LogP contribution is 2.34. The Labute approximate surface area is 105 Å². The summed E-state index contributed by atoms with van der Waals surface area (Å²) in [5.41, 5.74) is 10.4. The SMILES string of the molecule is CNC(c1ccc2c(c1)CCC2)C(C)(C)CN. The predicted molar refractivity (Wildman–Crippen MR) is 73.1 cm³/mol. The van der Waals surface area contributed by atoms with E-state index in [1.165, 1.54) is 36.0 Å². The van der Waals surface area contributed by atoms with Gasteiger partial charge in [-0.3, -0.25) is 0 Å². The van der Waals surface area contributed by atoms with E-state index in [1.807, 2.05) is 7.05 Å². The Morgan fingerprint density at radius 1 is 1.29 bits per heavy atom. The van der Waals surface area contributed by atoms with Crippen molar-refractivity contribution in [3.8, 4) is 0 Å². The van der Waals surface area contributed by atoms with Crippen LogP contribution in [0.1, 0.15) is 43.0 Å². The number of fused-ring (bicyclic) bond motifs is 1. The Morgan fingerprint density at radius 2 is 2.00 bits per heavy atom. The van der Waals surface area contributed by atoms with Crippen molar-refractivity contribution >= 4 is 0 Å². The number of nitrogens with one attached hydrogen (secondary N) is 1. The van der Waals surface area contributed by atoms with Crippen LogP contribution in [0, 0.1) is 5.41 Å². The summed E-state index contributed by atoms with van der Waals surface area (Å²) in [4.78, 5) is 0. The van der Waals surface area contributed by atoms with Crippen molar-refractivity contribution in [2.45, 2.75) is 39.2 Å². The number of hydrogen-bond acceptors (Lipinski definition) is 2. The molecule has 17 heavy (non-hydrogen) atoms. The molecule has 2 heteroatoms. The minimum Gasteiger partial charge on any atom is -0.330 e. The molecule has 1 aromatic rings. The smallest absolute Gasteiger partial charge is 0.0381 e. The maximum Gasteiger partial charge on any atom is 0.0381 e. The lowest BCUT2D eigenvalue weighted by Gasteiger charge is -2.33. The van der Waals surface area contributed by atoms with Crippen LogP contribution in [-0.4, -0.2) is 13.6 Å². The topological polar surface area (TPSA) is 38.0 Å². The molecule has 2 nitrogen and oxygen atoms in total. The van der Waals surface area contributed by atoms with Crippen molar-refractivity contribution in [2.24, 2.45) is 11.1 Å². The van der Waals surface area contributed by atoms with E-state index < -0.39 is 0 Å². The predicted octanol–water partition coefficient (Wildman–Crippen LogP) is 2.42. The Bertz CT molecular complexity index is 396. The molecule has 94 valence electrons. The molecular weight excluding hydrogens is 208 g/mol. The van der Waals surface area contributed by atoms with Crippen molar-refractivity contribution in [1.29, 1.82) is 0 Å². The summed E-state index contributed by atoms with van der Waals surface area (Å²) in [5.74, 6) is 0. The van der Waals surface area contributed by atoms with E-state index in [2.05, 4.69) is 37.4 Å². The molecule has 0 amide bonds. The molecule has 0 saturated carbocycles. The van der Waals surface area contributed by atoms with Crippen LogP contribution in [0.15, 0.2) is 18.2 Å². The molecule has 1 aromatic carbocycles. The highest BCUT2D eigenvalue weighted by atomic mass is 14.9. The van der Waals surface area contributed by atoms with Gasteiger partial charge in [-0.05, 0) is 55.0 Å². The van der Waals surface area contributed by atoms with Gasteiger partial charge in [-0.2, -0.15) is 0 Å².